The molecule has 0 radical (unpaired) electrons. The van der Waals surface area contributed by atoms with E-state index in [2.05, 4.69) is 20.6 Å². The van der Waals surface area contributed by atoms with Crippen molar-refractivity contribution in [3.8, 4) is 5.75 Å². The van der Waals surface area contributed by atoms with Gasteiger partial charge in [-0.1, -0.05) is 30.3 Å². The summed E-state index contributed by atoms with van der Waals surface area (Å²) in [6.45, 7) is 3.05. The van der Waals surface area contributed by atoms with Gasteiger partial charge in [0.2, 0.25) is 0 Å². The van der Waals surface area contributed by atoms with Crippen LogP contribution in [-0.2, 0) is 6.54 Å². The number of hydrogen-bond donors (Lipinski definition) is 2. The molecule has 2 aromatic carbocycles. The van der Waals surface area contributed by atoms with Crippen LogP contribution in [0.2, 0.25) is 0 Å². The Labute approximate surface area is 158 Å². The lowest BCUT2D eigenvalue weighted by molar-refractivity contribution is 0.223. The number of halogens is 1. The minimum Gasteiger partial charge on any atom is -0.489 e. The molecule has 3 aromatic rings. The highest BCUT2D eigenvalue weighted by molar-refractivity contribution is 5.83. The van der Waals surface area contributed by atoms with E-state index in [1.807, 2.05) is 37.3 Å². The van der Waals surface area contributed by atoms with Crippen LogP contribution in [0.3, 0.4) is 0 Å². The third kappa shape index (κ3) is 5.17. The Hall–Kier alpha value is -3.15. The van der Waals surface area contributed by atoms with Crippen LogP contribution in [-0.4, -0.2) is 30.6 Å². The molecule has 0 amide bonds. The SMILES string of the molecule is CN=C(NCc1cccc2cccnc12)NCC(C)Oc1cccc(F)c1. The molecule has 1 heterocycles. The molecule has 3 rings (SSSR count). The molecule has 1 unspecified atom stereocenters. The van der Waals surface area contributed by atoms with Crippen LogP contribution in [0, 0.1) is 5.82 Å². The average molecular weight is 366 g/mol. The molecule has 0 spiro atoms. The number of hydrogen-bond acceptors (Lipinski definition) is 3. The van der Waals surface area contributed by atoms with E-state index in [9.17, 15) is 4.39 Å². The molecule has 0 bridgehead atoms. The van der Waals surface area contributed by atoms with Gasteiger partial charge in [-0.15, -0.1) is 0 Å². The van der Waals surface area contributed by atoms with Crippen molar-refractivity contribution in [3.63, 3.8) is 0 Å². The number of guanidine groups is 1. The van der Waals surface area contributed by atoms with Gasteiger partial charge in [-0.2, -0.15) is 0 Å². The van der Waals surface area contributed by atoms with Gasteiger partial charge in [-0.3, -0.25) is 9.98 Å². The van der Waals surface area contributed by atoms with E-state index in [1.165, 1.54) is 12.1 Å². The number of pyridine rings is 1. The smallest absolute Gasteiger partial charge is 0.191 e. The Bertz CT molecular complexity index is 923. The molecular formula is C21H23FN4O. The first-order valence-electron chi connectivity index (χ1n) is 8.85. The van der Waals surface area contributed by atoms with Gasteiger partial charge in [0, 0.05) is 31.2 Å². The van der Waals surface area contributed by atoms with Crippen molar-refractivity contribution in [3.05, 3.63) is 72.2 Å². The normalized spacial score (nSPS) is 12.6. The van der Waals surface area contributed by atoms with Crippen molar-refractivity contribution in [2.45, 2.75) is 19.6 Å². The first-order valence-corrected chi connectivity index (χ1v) is 8.85. The Morgan fingerprint density at radius 3 is 2.78 bits per heavy atom. The second kappa shape index (κ2) is 8.98. The molecule has 0 saturated heterocycles. The molecule has 2 N–H and O–H groups in total. The van der Waals surface area contributed by atoms with Crippen LogP contribution in [0.5, 0.6) is 5.75 Å². The van der Waals surface area contributed by atoms with Crippen molar-refractivity contribution in [2.24, 2.45) is 4.99 Å². The molecule has 0 aliphatic carbocycles. The summed E-state index contributed by atoms with van der Waals surface area (Å²) in [6.07, 6.45) is 1.65. The van der Waals surface area contributed by atoms with Gasteiger partial charge < -0.3 is 15.4 Å². The highest BCUT2D eigenvalue weighted by Crippen LogP contribution is 2.15. The summed E-state index contributed by atoms with van der Waals surface area (Å²) >= 11 is 0. The van der Waals surface area contributed by atoms with Crippen LogP contribution in [0.25, 0.3) is 10.9 Å². The first kappa shape index (κ1) is 18.6. The predicted octanol–water partition coefficient (Wildman–Crippen LogP) is 3.51. The van der Waals surface area contributed by atoms with Crippen LogP contribution >= 0.6 is 0 Å². The molecule has 5 nitrogen and oxygen atoms in total. The van der Waals surface area contributed by atoms with E-state index >= 15 is 0 Å². The van der Waals surface area contributed by atoms with Gasteiger partial charge in [-0.25, -0.2) is 4.39 Å². The maximum absolute atomic E-state index is 13.2. The lowest BCUT2D eigenvalue weighted by Gasteiger charge is -2.18. The first-order chi connectivity index (χ1) is 13.2. The molecule has 6 heteroatoms. The quantitative estimate of drug-likeness (QED) is 0.518. The topological polar surface area (TPSA) is 58.5 Å². The molecule has 0 fully saturated rings. The Kier molecular flexibility index (Phi) is 6.20. The zero-order chi connectivity index (χ0) is 19.1. The lowest BCUT2D eigenvalue weighted by atomic mass is 10.1. The second-order valence-electron chi connectivity index (χ2n) is 6.18. The van der Waals surface area contributed by atoms with Gasteiger partial charge in [0.15, 0.2) is 5.96 Å². The van der Waals surface area contributed by atoms with E-state index in [-0.39, 0.29) is 11.9 Å². The second-order valence-corrected chi connectivity index (χ2v) is 6.18. The zero-order valence-electron chi connectivity index (χ0n) is 15.4. The maximum Gasteiger partial charge on any atom is 0.191 e. The number of fused-ring (bicyclic) bond motifs is 1. The molecule has 0 saturated carbocycles. The summed E-state index contributed by atoms with van der Waals surface area (Å²) in [5, 5.41) is 7.62. The monoisotopic (exact) mass is 366 g/mol. The van der Waals surface area contributed by atoms with Gasteiger partial charge in [0.05, 0.1) is 12.1 Å². The summed E-state index contributed by atoms with van der Waals surface area (Å²) in [4.78, 5) is 8.70. The summed E-state index contributed by atoms with van der Waals surface area (Å²) in [5.74, 6) is 0.862. The molecule has 1 aromatic heterocycles. The molecule has 27 heavy (non-hydrogen) atoms. The third-order valence-electron chi connectivity index (χ3n) is 4.08. The van der Waals surface area contributed by atoms with Crippen LogP contribution in [0.4, 0.5) is 4.39 Å². The Morgan fingerprint density at radius 2 is 1.96 bits per heavy atom. The van der Waals surface area contributed by atoms with Crippen molar-refractivity contribution in [2.75, 3.05) is 13.6 Å². The standard InChI is InChI=1S/C21H23FN4O/c1-15(27-19-10-4-9-18(22)12-19)13-25-21(23-2)26-14-17-7-3-6-16-8-5-11-24-20(16)17/h3-12,15H,13-14H2,1-2H3,(H2,23,25,26). The van der Waals surface area contributed by atoms with Crippen molar-refractivity contribution in [1.82, 2.24) is 15.6 Å². The maximum atomic E-state index is 13.2. The van der Waals surface area contributed by atoms with Crippen molar-refractivity contribution < 1.29 is 9.13 Å². The fourth-order valence-electron chi connectivity index (χ4n) is 2.76. The summed E-state index contributed by atoms with van der Waals surface area (Å²) in [6, 6.07) is 16.2. The highest BCUT2D eigenvalue weighted by atomic mass is 19.1. The van der Waals surface area contributed by atoms with Gasteiger partial charge >= 0.3 is 0 Å². The van der Waals surface area contributed by atoms with Gasteiger partial charge in [0.25, 0.3) is 0 Å². The van der Waals surface area contributed by atoms with Crippen LogP contribution < -0.4 is 15.4 Å². The Balaban J connectivity index is 1.53. The number of benzene rings is 2. The van der Waals surface area contributed by atoms with E-state index < -0.39 is 0 Å². The van der Waals surface area contributed by atoms with Gasteiger partial charge in [0.1, 0.15) is 17.7 Å². The fraction of sp³-hybridized carbons (Fsp3) is 0.238. The summed E-state index contributed by atoms with van der Waals surface area (Å²) in [7, 11) is 1.72. The molecule has 1 atom stereocenters. The van der Waals surface area contributed by atoms with Gasteiger partial charge in [-0.05, 0) is 30.7 Å². The highest BCUT2D eigenvalue weighted by Gasteiger charge is 2.07. The molecule has 0 aliphatic rings. The summed E-state index contributed by atoms with van der Waals surface area (Å²) in [5.41, 5.74) is 2.07. The van der Waals surface area contributed by atoms with E-state index in [4.69, 9.17) is 4.74 Å². The average Bonchev–Trinajstić information content (AvgIpc) is 2.68. The van der Waals surface area contributed by atoms with Crippen LogP contribution in [0.15, 0.2) is 65.8 Å². The zero-order valence-corrected chi connectivity index (χ0v) is 15.4. The number of ether oxygens (including phenoxy) is 1. The molecular weight excluding hydrogens is 343 g/mol. The number of aromatic nitrogens is 1. The number of rotatable bonds is 6. The van der Waals surface area contributed by atoms with Crippen molar-refractivity contribution >= 4 is 16.9 Å². The van der Waals surface area contributed by atoms with E-state index in [0.29, 0.717) is 24.8 Å². The van der Waals surface area contributed by atoms with Crippen molar-refractivity contribution in [1.29, 1.82) is 0 Å². The number of nitrogens with zero attached hydrogens (tertiary/aromatic N) is 2. The molecule has 140 valence electrons. The third-order valence-corrected chi connectivity index (χ3v) is 4.08. The Morgan fingerprint density at radius 1 is 1.15 bits per heavy atom. The predicted molar refractivity (Wildman–Crippen MR) is 106 cm³/mol. The van der Waals surface area contributed by atoms with E-state index in [1.54, 1.807) is 25.4 Å². The number of para-hydroxylation sites is 1. The van der Waals surface area contributed by atoms with E-state index in [0.717, 1.165) is 16.5 Å². The largest absolute Gasteiger partial charge is 0.489 e. The summed E-state index contributed by atoms with van der Waals surface area (Å²) < 4.78 is 18.9. The fourth-order valence-corrected chi connectivity index (χ4v) is 2.76. The molecule has 0 aliphatic heterocycles. The number of nitrogens with one attached hydrogen (secondary N) is 2. The lowest BCUT2D eigenvalue weighted by Crippen LogP contribution is -2.41. The number of aliphatic imine (C=N–C) groups is 1. The van der Waals surface area contributed by atoms with Crippen LogP contribution in [0.1, 0.15) is 12.5 Å². The minimum absolute atomic E-state index is 0.149. The minimum atomic E-state index is -0.311.